The Labute approximate surface area is 136 Å². The Balaban J connectivity index is 1.75. The second-order valence-corrected chi connectivity index (χ2v) is 6.41. The largest absolute Gasteiger partial charge is 0.381 e. The van der Waals surface area contributed by atoms with Crippen LogP contribution < -0.4 is 0 Å². The molecule has 3 rings (SSSR count). The van der Waals surface area contributed by atoms with Gasteiger partial charge in [-0.3, -0.25) is 4.90 Å². The van der Waals surface area contributed by atoms with Gasteiger partial charge >= 0.3 is 0 Å². The minimum Gasteiger partial charge on any atom is -0.381 e. The predicted molar refractivity (Wildman–Crippen MR) is 84.3 cm³/mol. The van der Waals surface area contributed by atoms with Crippen LogP contribution in [0.25, 0.3) is 0 Å². The van der Waals surface area contributed by atoms with E-state index in [1.165, 1.54) is 12.5 Å². The van der Waals surface area contributed by atoms with Crippen molar-refractivity contribution < 1.29 is 13.9 Å². The van der Waals surface area contributed by atoms with Gasteiger partial charge in [0.2, 0.25) is 0 Å². The summed E-state index contributed by atoms with van der Waals surface area (Å²) in [5.74, 6) is 0.0289. The Kier molecular flexibility index (Phi) is 5.27. The van der Waals surface area contributed by atoms with Crippen molar-refractivity contribution in [2.45, 2.75) is 38.0 Å². The summed E-state index contributed by atoms with van der Waals surface area (Å²) in [5, 5.41) is 9.00. The van der Waals surface area contributed by atoms with Gasteiger partial charge in [0.15, 0.2) is 0 Å². The SMILES string of the molecule is CO[C@@H]1CCC[C@@H]1[C@@H]1COCCN1Cc1ccc(F)c(C#N)c1. The van der Waals surface area contributed by atoms with Crippen molar-refractivity contribution in [3.8, 4) is 6.07 Å². The molecule has 0 amide bonds. The van der Waals surface area contributed by atoms with E-state index in [0.717, 1.165) is 38.1 Å². The van der Waals surface area contributed by atoms with E-state index in [1.807, 2.05) is 6.07 Å². The van der Waals surface area contributed by atoms with Gasteiger partial charge in [0, 0.05) is 32.2 Å². The highest BCUT2D eigenvalue weighted by molar-refractivity contribution is 5.34. The van der Waals surface area contributed by atoms with Gasteiger partial charge in [-0.25, -0.2) is 4.39 Å². The Morgan fingerprint density at radius 1 is 1.43 bits per heavy atom. The topological polar surface area (TPSA) is 45.5 Å². The molecule has 124 valence electrons. The summed E-state index contributed by atoms with van der Waals surface area (Å²) in [4.78, 5) is 2.40. The first-order valence-electron chi connectivity index (χ1n) is 8.26. The summed E-state index contributed by atoms with van der Waals surface area (Å²) in [6.45, 7) is 3.01. The zero-order valence-corrected chi connectivity index (χ0v) is 13.5. The molecule has 1 aliphatic heterocycles. The zero-order chi connectivity index (χ0) is 16.2. The van der Waals surface area contributed by atoms with Crippen molar-refractivity contribution >= 4 is 0 Å². The first-order valence-corrected chi connectivity index (χ1v) is 8.26. The van der Waals surface area contributed by atoms with Crippen molar-refractivity contribution in [1.29, 1.82) is 5.26 Å². The molecule has 1 aromatic rings. The van der Waals surface area contributed by atoms with Crippen molar-refractivity contribution in [3.63, 3.8) is 0 Å². The normalized spacial score (nSPS) is 28.7. The molecule has 3 atom stereocenters. The monoisotopic (exact) mass is 318 g/mol. The minimum atomic E-state index is -0.454. The van der Waals surface area contributed by atoms with Gasteiger partial charge < -0.3 is 9.47 Å². The molecule has 4 nitrogen and oxygen atoms in total. The molecule has 1 saturated carbocycles. The number of nitrogens with zero attached hydrogens (tertiary/aromatic N) is 2. The second kappa shape index (κ2) is 7.39. The maximum Gasteiger partial charge on any atom is 0.140 e. The Hall–Kier alpha value is -1.48. The van der Waals surface area contributed by atoms with E-state index in [-0.39, 0.29) is 5.56 Å². The minimum absolute atomic E-state index is 0.114. The first-order chi connectivity index (χ1) is 11.2. The molecule has 1 heterocycles. The van der Waals surface area contributed by atoms with Crippen LogP contribution >= 0.6 is 0 Å². The highest BCUT2D eigenvalue weighted by Gasteiger charge is 2.38. The van der Waals surface area contributed by atoms with Crippen LogP contribution in [0.1, 0.15) is 30.4 Å². The summed E-state index contributed by atoms with van der Waals surface area (Å²) in [6.07, 6.45) is 3.77. The molecule has 1 aliphatic carbocycles. The smallest absolute Gasteiger partial charge is 0.140 e. The molecule has 5 heteroatoms. The fraction of sp³-hybridized carbons (Fsp3) is 0.611. The third kappa shape index (κ3) is 3.55. The summed E-state index contributed by atoms with van der Waals surface area (Å²) < 4.78 is 24.9. The van der Waals surface area contributed by atoms with E-state index >= 15 is 0 Å². The Bertz CT molecular complexity index is 587. The number of benzene rings is 1. The Morgan fingerprint density at radius 3 is 3.09 bits per heavy atom. The number of methoxy groups -OCH3 is 1. The van der Waals surface area contributed by atoms with E-state index in [9.17, 15) is 4.39 Å². The first kappa shape index (κ1) is 16.4. The fourth-order valence-corrected chi connectivity index (χ4v) is 3.93. The third-order valence-electron chi connectivity index (χ3n) is 5.12. The van der Waals surface area contributed by atoms with Crippen molar-refractivity contribution in [2.24, 2.45) is 5.92 Å². The molecular weight excluding hydrogens is 295 g/mol. The van der Waals surface area contributed by atoms with Crippen molar-refractivity contribution in [2.75, 3.05) is 26.9 Å². The molecule has 0 unspecified atom stereocenters. The lowest BCUT2D eigenvalue weighted by Gasteiger charge is -2.40. The summed E-state index contributed by atoms with van der Waals surface area (Å²) >= 11 is 0. The van der Waals surface area contributed by atoms with E-state index in [4.69, 9.17) is 14.7 Å². The van der Waals surface area contributed by atoms with Gasteiger partial charge in [-0.2, -0.15) is 5.26 Å². The summed E-state index contributed by atoms with van der Waals surface area (Å²) in [7, 11) is 1.79. The number of halogens is 1. The van der Waals surface area contributed by atoms with Crippen LogP contribution in [0.15, 0.2) is 18.2 Å². The van der Waals surface area contributed by atoms with E-state index in [2.05, 4.69) is 4.90 Å². The molecule has 1 saturated heterocycles. The molecule has 23 heavy (non-hydrogen) atoms. The van der Waals surface area contributed by atoms with Gasteiger partial charge in [0.1, 0.15) is 11.9 Å². The number of ether oxygens (including phenoxy) is 2. The number of rotatable bonds is 4. The van der Waals surface area contributed by atoms with E-state index in [1.54, 1.807) is 19.2 Å². The molecule has 1 aromatic carbocycles. The van der Waals surface area contributed by atoms with Gasteiger partial charge in [0.25, 0.3) is 0 Å². The average molecular weight is 318 g/mol. The molecule has 0 aromatic heterocycles. The Morgan fingerprint density at radius 2 is 2.30 bits per heavy atom. The highest BCUT2D eigenvalue weighted by atomic mass is 19.1. The van der Waals surface area contributed by atoms with Crippen LogP contribution in [0.5, 0.6) is 0 Å². The van der Waals surface area contributed by atoms with Crippen LogP contribution in [-0.4, -0.2) is 43.9 Å². The average Bonchev–Trinajstić information content (AvgIpc) is 3.05. The van der Waals surface area contributed by atoms with Gasteiger partial charge in [-0.05, 0) is 30.5 Å². The number of hydrogen-bond donors (Lipinski definition) is 0. The molecule has 0 N–H and O–H groups in total. The van der Waals surface area contributed by atoms with Crippen LogP contribution in [0.3, 0.4) is 0 Å². The summed E-state index contributed by atoms with van der Waals surface area (Å²) in [5.41, 5.74) is 1.09. The maximum absolute atomic E-state index is 13.5. The van der Waals surface area contributed by atoms with Crippen molar-refractivity contribution in [1.82, 2.24) is 4.90 Å². The van der Waals surface area contributed by atoms with Crippen LogP contribution in [0.2, 0.25) is 0 Å². The molecule has 0 spiro atoms. The number of hydrogen-bond acceptors (Lipinski definition) is 4. The highest BCUT2D eigenvalue weighted by Crippen LogP contribution is 2.34. The van der Waals surface area contributed by atoms with Crippen LogP contribution in [-0.2, 0) is 16.0 Å². The standard InChI is InChI=1S/C18H23FN2O2/c1-22-18-4-2-3-15(18)17-12-23-8-7-21(17)11-13-5-6-16(19)14(9-13)10-20/h5-6,9,15,17-18H,2-4,7-8,11-12H2,1H3/t15-,17+,18-/m1/s1. The molecule has 0 bridgehead atoms. The van der Waals surface area contributed by atoms with Gasteiger partial charge in [-0.1, -0.05) is 12.5 Å². The lowest BCUT2D eigenvalue weighted by molar-refractivity contribution is -0.0608. The summed E-state index contributed by atoms with van der Waals surface area (Å²) in [6, 6.07) is 7.05. The van der Waals surface area contributed by atoms with Gasteiger partial charge in [-0.15, -0.1) is 0 Å². The molecular formula is C18H23FN2O2. The second-order valence-electron chi connectivity index (χ2n) is 6.41. The third-order valence-corrected chi connectivity index (χ3v) is 5.12. The number of morpholine rings is 1. The van der Waals surface area contributed by atoms with Gasteiger partial charge in [0.05, 0.1) is 24.9 Å². The lowest BCUT2D eigenvalue weighted by atomic mass is 9.93. The van der Waals surface area contributed by atoms with E-state index < -0.39 is 5.82 Å². The van der Waals surface area contributed by atoms with Crippen LogP contribution in [0.4, 0.5) is 4.39 Å². The predicted octanol–water partition coefficient (Wildman–Crippen LogP) is 2.71. The van der Waals surface area contributed by atoms with Crippen molar-refractivity contribution in [3.05, 3.63) is 35.1 Å². The quantitative estimate of drug-likeness (QED) is 0.856. The van der Waals surface area contributed by atoms with Crippen LogP contribution in [0, 0.1) is 23.1 Å². The zero-order valence-electron chi connectivity index (χ0n) is 13.5. The number of nitriles is 1. The fourth-order valence-electron chi connectivity index (χ4n) is 3.93. The maximum atomic E-state index is 13.5. The molecule has 0 radical (unpaired) electrons. The van der Waals surface area contributed by atoms with E-state index in [0.29, 0.717) is 24.7 Å². The molecule has 2 aliphatic rings. The molecule has 2 fully saturated rings. The lowest BCUT2D eigenvalue weighted by Crippen LogP contribution is -2.50.